The van der Waals surface area contributed by atoms with E-state index in [1.54, 1.807) is 24.3 Å². The summed E-state index contributed by atoms with van der Waals surface area (Å²) in [5, 5.41) is 0.412. The molecule has 0 aliphatic rings. The van der Waals surface area contributed by atoms with Crippen molar-refractivity contribution in [2.45, 2.75) is 5.38 Å². The molecular weight excluding hydrogens is 389 g/mol. The van der Waals surface area contributed by atoms with E-state index in [4.69, 9.17) is 39.5 Å². The minimum absolute atomic E-state index is 0.312. The quantitative estimate of drug-likeness (QED) is 0.557. The van der Waals surface area contributed by atoms with Gasteiger partial charge >= 0.3 is 0 Å². The predicted molar refractivity (Wildman–Crippen MR) is 84.8 cm³/mol. The molecule has 2 rings (SSSR count). The summed E-state index contributed by atoms with van der Waals surface area (Å²) in [7, 11) is 1.46. The molecule has 0 fully saturated rings. The van der Waals surface area contributed by atoms with Gasteiger partial charge in [-0.2, -0.15) is 0 Å². The van der Waals surface area contributed by atoms with Crippen LogP contribution in [-0.2, 0) is 0 Å². The normalized spacial score (nSPS) is 12.3. The molecule has 0 radical (unpaired) electrons. The highest BCUT2D eigenvalue weighted by molar-refractivity contribution is 9.10. The van der Waals surface area contributed by atoms with Crippen molar-refractivity contribution in [3.8, 4) is 5.75 Å². The Kier molecular flexibility index (Phi) is 5.19. The molecule has 0 N–H and O–H groups in total. The Balaban J connectivity index is 2.52. The Hall–Kier alpha value is -0.480. The second-order valence-corrected chi connectivity index (χ2v) is 6.24. The van der Waals surface area contributed by atoms with Crippen LogP contribution in [0.25, 0.3) is 0 Å². The summed E-state index contributed by atoms with van der Waals surface area (Å²) < 4.78 is 19.0. The molecule has 0 saturated heterocycles. The summed E-state index contributed by atoms with van der Waals surface area (Å²) >= 11 is 21.5. The van der Waals surface area contributed by atoms with Gasteiger partial charge in [0.2, 0.25) is 0 Å². The van der Waals surface area contributed by atoms with Gasteiger partial charge < -0.3 is 4.74 Å². The van der Waals surface area contributed by atoms with E-state index >= 15 is 0 Å². The lowest BCUT2D eigenvalue weighted by atomic mass is 10.0. The highest BCUT2D eigenvalue weighted by Gasteiger charge is 2.19. The minimum Gasteiger partial charge on any atom is -0.496 e. The zero-order valence-electron chi connectivity index (χ0n) is 10.3. The average molecular weight is 398 g/mol. The highest BCUT2D eigenvalue weighted by Crippen LogP contribution is 2.39. The molecule has 0 aliphatic heterocycles. The number of benzene rings is 2. The lowest BCUT2D eigenvalue weighted by Gasteiger charge is -2.16. The van der Waals surface area contributed by atoms with Crippen molar-refractivity contribution in [1.82, 2.24) is 0 Å². The summed E-state index contributed by atoms with van der Waals surface area (Å²) in [6.45, 7) is 0. The Morgan fingerprint density at radius 3 is 2.25 bits per heavy atom. The molecule has 0 spiro atoms. The first kappa shape index (κ1) is 15.9. The number of alkyl halides is 1. The third kappa shape index (κ3) is 3.40. The third-order valence-electron chi connectivity index (χ3n) is 2.72. The Labute approximate surface area is 139 Å². The van der Waals surface area contributed by atoms with E-state index in [-0.39, 0.29) is 0 Å². The molecule has 106 valence electrons. The van der Waals surface area contributed by atoms with Crippen LogP contribution in [0.4, 0.5) is 4.39 Å². The van der Waals surface area contributed by atoms with Crippen LogP contribution in [0.3, 0.4) is 0 Å². The summed E-state index contributed by atoms with van der Waals surface area (Å²) in [6.07, 6.45) is 0. The number of ether oxygens (including phenoxy) is 1. The van der Waals surface area contributed by atoms with E-state index in [9.17, 15) is 4.39 Å². The molecule has 6 heteroatoms. The van der Waals surface area contributed by atoms with Gasteiger partial charge in [-0.1, -0.05) is 23.2 Å². The fourth-order valence-corrected chi connectivity index (χ4v) is 3.02. The number of methoxy groups -OCH3 is 1. The van der Waals surface area contributed by atoms with Gasteiger partial charge in [-0.15, -0.1) is 11.6 Å². The first-order valence-electron chi connectivity index (χ1n) is 5.55. The van der Waals surface area contributed by atoms with Crippen molar-refractivity contribution >= 4 is 50.7 Å². The molecule has 20 heavy (non-hydrogen) atoms. The van der Waals surface area contributed by atoms with Gasteiger partial charge in [0, 0.05) is 21.7 Å². The first-order valence-corrected chi connectivity index (χ1v) is 7.54. The summed E-state index contributed by atoms with van der Waals surface area (Å²) in [4.78, 5) is 0. The van der Waals surface area contributed by atoms with E-state index in [1.165, 1.54) is 13.2 Å². The molecule has 1 nitrogen and oxygen atoms in total. The molecule has 0 heterocycles. The van der Waals surface area contributed by atoms with E-state index in [0.29, 0.717) is 31.4 Å². The maximum atomic E-state index is 13.5. The van der Waals surface area contributed by atoms with Gasteiger partial charge in [0.05, 0.1) is 17.0 Å². The lowest BCUT2D eigenvalue weighted by molar-refractivity contribution is 0.406. The van der Waals surface area contributed by atoms with Crippen molar-refractivity contribution in [2.24, 2.45) is 0 Å². The maximum absolute atomic E-state index is 13.5. The molecule has 1 unspecified atom stereocenters. The molecule has 0 amide bonds. The minimum atomic E-state index is -0.557. The van der Waals surface area contributed by atoms with Gasteiger partial charge in [-0.25, -0.2) is 4.39 Å². The average Bonchev–Trinajstić information content (AvgIpc) is 2.39. The van der Waals surface area contributed by atoms with Crippen LogP contribution < -0.4 is 4.74 Å². The molecule has 2 aromatic carbocycles. The van der Waals surface area contributed by atoms with Gasteiger partial charge in [-0.05, 0) is 45.8 Å². The molecule has 0 aromatic heterocycles. The van der Waals surface area contributed by atoms with Gasteiger partial charge in [-0.3, -0.25) is 0 Å². The topological polar surface area (TPSA) is 9.23 Å². The second kappa shape index (κ2) is 6.52. The van der Waals surface area contributed by atoms with E-state index < -0.39 is 11.2 Å². The number of halogens is 5. The number of rotatable bonds is 3. The van der Waals surface area contributed by atoms with Crippen molar-refractivity contribution < 1.29 is 9.13 Å². The Bertz CT molecular complexity index is 628. The lowest BCUT2D eigenvalue weighted by Crippen LogP contribution is -1.99. The molecule has 2 aromatic rings. The fourth-order valence-electron chi connectivity index (χ4n) is 1.82. The Morgan fingerprint density at radius 2 is 1.70 bits per heavy atom. The van der Waals surface area contributed by atoms with Crippen molar-refractivity contribution in [3.63, 3.8) is 0 Å². The van der Waals surface area contributed by atoms with Crippen molar-refractivity contribution in [3.05, 3.63) is 61.8 Å². The summed E-state index contributed by atoms with van der Waals surface area (Å²) in [5.41, 5.74) is 1.33. The van der Waals surface area contributed by atoms with Crippen LogP contribution in [0.5, 0.6) is 5.75 Å². The standard InChI is InChI=1S/C14H9BrCl3FO/c1-20-13-6-12(19)11(15)5-10(13)14(18)7-2-8(16)4-9(17)3-7/h2-6,14H,1H3. The predicted octanol–water partition coefficient (Wildman–Crippen LogP) is 6.23. The van der Waals surface area contributed by atoms with Crippen molar-refractivity contribution in [2.75, 3.05) is 7.11 Å². The van der Waals surface area contributed by atoms with E-state index in [2.05, 4.69) is 15.9 Å². The summed E-state index contributed by atoms with van der Waals surface area (Å²) in [5.74, 6) is -0.0552. The van der Waals surface area contributed by atoms with Crippen LogP contribution in [0.1, 0.15) is 16.5 Å². The molecule has 0 bridgehead atoms. The van der Waals surface area contributed by atoms with Crippen LogP contribution in [0, 0.1) is 5.82 Å². The maximum Gasteiger partial charge on any atom is 0.141 e. The number of hydrogen-bond donors (Lipinski definition) is 0. The molecule has 0 aliphatic carbocycles. The van der Waals surface area contributed by atoms with E-state index in [0.717, 1.165) is 0 Å². The third-order valence-corrected chi connectivity index (χ3v) is 4.25. The van der Waals surface area contributed by atoms with Crippen LogP contribution in [-0.4, -0.2) is 7.11 Å². The van der Waals surface area contributed by atoms with Crippen LogP contribution in [0.15, 0.2) is 34.8 Å². The SMILES string of the molecule is COc1cc(F)c(Br)cc1C(Cl)c1cc(Cl)cc(Cl)c1. The molecule has 0 saturated carbocycles. The Morgan fingerprint density at radius 1 is 1.10 bits per heavy atom. The van der Waals surface area contributed by atoms with Crippen LogP contribution >= 0.6 is 50.7 Å². The van der Waals surface area contributed by atoms with Gasteiger partial charge in [0.25, 0.3) is 0 Å². The van der Waals surface area contributed by atoms with Gasteiger partial charge in [0.1, 0.15) is 11.6 Å². The smallest absolute Gasteiger partial charge is 0.141 e. The second-order valence-electron chi connectivity index (χ2n) is 4.07. The van der Waals surface area contributed by atoms with Crippen molar-refractivity contribution in [1.29, 1.82) is 0 Å². The molecular formula is C14H9BrCl3FO. The fraction of sp³-hybridized carbons (Fsp3) is 0.143. The van der Waals surface area contributed by atoms with E-state index in [1.807, 2.05) is 0 Å². The highest BCUT2D eigenvalue weighted by atomic mass is 79.9. The summed E-state index contributed by atoms with van der Waals surface area (Å²) in [6, 6.07) is 7.90. The largest absolute Gasteiger partial charge is 0.496 e. The first-order chi connectivity index (χ1) is 9.42. The zero-order chi connectivity index (χ0) is 14.9. The molecule has 1 atom stereocenters. The van der Waals surface area contributed by atoms with Gasteiger partial charge in [0.15, 0.2) is 0 Å². The number of hydrogen-bond acceptors (Lipinski definition) is 1. The monoisotopic (exact) mass is 396 g/mol. The van der Waals surface area contributed by atoms with Crippen LogP contribution in [0.2, 0.25) is 10.0 Å². The zero-order valence-corrected chi connectivity index (χ0v) is 14.1.